The summed E-state index contributed by atoms with van der Waals surface area (Å²) in [4.78, 5) is 28.4. The molecule has 126 valence electrons. The first kappa shape index (κ1) is 16.5. The SMILES string of the molecule is COc1cccc(N2C[C@@H](C(=O)N(C)Cc3ccsc3)CC2=O)c1. The van der Waals surface area contributed by atoms with Crippen LogP contribution in [-0.2, 0) is 16.1 Å². The van der Waals surface area contributed by atoms with Crippen molar-refractivity contribution in [3.05, 3.63) is 46.7 Å². The zero-order valence-electron chi connectivity index (χ0n) is 13.8. The van der Waals surface area contributed by atoms with Crippen molar-refractivity contribution >= 4 is 28.8 Å². The van der Waals surface area contributed by atoms with Crippen LogP contribution in [0.15, 0.2) is 41.1 Å². The van der Waals surface area contributed by atoms with E-state index in [1.165, 1.54) is 0 Å². The van der Waals surface area contributed by atoms with Gasteiger partial charge in [-0.25, -0.2) is 0 Å². The van der Waals surface area contributed by atoms with E-state index >= 15 is 0 Å². The van der Waals surface area contributed by atoms with Crippen LogP contribution in [-0.4, -0.2) is 37.4 Å². The Morgan fingerprint density at radius 3 is 2.96 bits per heavy atom. The number of rotatable bonds is 5. The average molecular weight is 344 g/mol. The fourth-order valence-electron chi connectivity index (χ4n) is 2.95. The monoisotopic (exact) mass is 344 g/mol. The van der Waals surface area contributed by atoms with Gasteiger partial charge in [0.05, 0.1) is 13.0 Å². The second-order valence-corrected chi connectivity index (χ2v) is 6.71. The topological polar surface area (TPSA) is 49.9 Å². The van der Waals surface area contributed by atoms with E-state index in [-0.39, 0.29) is 24.2 Å². The van der Waals surface area contributed by atoms with E-state index in [0.717, 1.165) is 11.3 Å². The fourth-order valence-corrected chi connectivity index (χ4v) is 3.61. The molecule has 0 saturated carbocycles. The van der Waals surface area contributed by atoms with Crippen molar-refractivity contribution in [1.82, 2.24) is 4.90 Å². The Hall–Kier alpha value is -2.34. The number of carbonyl (C=O) groups excluding carboxylic acids is 2. The van der Waals surface area contributed by atoms with Gasteiger partial charge in [0.2, 0.25) is 11.8 Å². The quantitative estimate of drug-likeness (QED) is 0.838. The van der Waals surface area contributed by atoms with Crippen LogP contribution in [0.3, 0.4) is 0 Å². The molecule has 3 rings (SSSR count). The lowest BCUT2D eigenvalue weighted by molar-refractivity contribution is -0.135. The zero-order valence-corrected chi connectivity index (χ0v) is 14.6. The van der Waals surface area contributed by atoms with Crippen LogP contribution >= 0.6 is 11.3 Å². The van der Waals surface area contributed by atoms with Crippen molar-refractivity contribution in [1.29, 1.82) is 0 Å². The highest BCUT2D eigenvalue weighted by atomic mass is 32.1. The minimum absolute atomic E-state index is 0.0138. The summed E-state index contributed by atoms with van der Waals surface area (Å²) < 4.78 is 5.21. The van der Waals surface area contributed by atoms with Crippen LogP contribution in [0.1, 0.15) is 12.0 Å². The summed E-state index contributed by atoms with van der Waals surface area (Å²) in [6.45, 7) is 0.991. The lowest BCUT2D eigenvalue weighted by Crippen LogP contribution is -2.34. The number of amides is 2. The predicted molar refractivity (Wildman–Crippen MR) is 94.2 cm³/mol. The molecule has 0 unspecified atom stereocenters. The second-order valence-electron chi connectivity index (χ2n) is 5.93. The summed E-state index contributed by atoms with van der Waals surface area (Å²) in [6, 6.07) is 9.37. The van der Waals surface area contributed by atoms with Gasteiger partial charge in [-0.05, 0) is 34.5 Å². The van der Waals surface area contributed by atoms with Crippen molar-refractivity contribution in [3.8, 4) is 5.75 Å². The van der Waals surface area contributed by atoms with Crippen LogP contribution in [0, 0.1) is 5.92 Å². The van der Waals surface area contributed by atoms with Crippen LogP contribution in [0.5, 0.6) is 5.75 Å². The molecule has 0 aliphatic carbocycles. The van der Waals surface area contributed by atoms with Gasteiger partial charge in [-0.2, -0.15) is 11.3 Å². The van der Waals surface area contributed by atoms with E-state index in [1.54, 1.807) is 35.3 Å². The smallest absolute Gasteiger partial charge is 0.228 e. The van der Waals surface area contributed by atoms with Gasteiger partial charge in [0.25, 0.3) is 0 Å². The van der Waals surface area contributed by atoms with Crippen LogP contribution < -0.4 is 9.64 Å². The van der Waals surface area contributed by atoms with Gasteiger partial charge in [0, 0.05) is 38.3 Å². The Morgan fingerprint density at radius 2 is 2.25 bits per heavy atom. The number of hydrogen-bond acceptors (Lipinski definition) is 4. The van der Waals surface area contributed by atoms with Crippen molar-refractivity contribution in [3.63, 3.8) is 0 Å². The highest BCUT2D eigenvalue weighted by Crippen LogP contribution is 2.28. The minimum atomic E-state index is -0.299. The fraction of sp³-hybridized carbons (Fsp3) is 0.333. The molecule has 2 heterocycles. The van der Waals surface area contributed by atoms with Gasteiger partial charge in [-0.15, -0.1) is 0 Å². The third-order valence-electron chi connectivity index (χ3n) is 4.22. The number of ether oxygens (including phenoxy) is 1. The Bertz CT molecular complexity index is 730. The number of thiophene rings is 1. The van der Waals surface area contributed by atoms with Crippen molar-refractivity contribution in [2.24, 2.45) is 5.92 Å². The summed E-state index contributed by atoms with van der Waals surface area (Å²) in [5.74, 6) is 0.391. The highest BCUT2D eigenvalue weighted by molar-refractivity contribution is 7.07. The molecule has 0 radical (unpaired) electrons. The molecule has 24 heavy (non-hydrogen) atoms. The molecule has 1 atom stereocenters. The number of carbonyl (C=O) groups is 2. The summed E-state index contributed by atoms with van der Waals surface area (Å²) in [5.41, 5.74) is 1.89. The third-order valence-corrected chi connectivity index (χ3v) is 4.95. The molecule has 1 aromatic carbocycles. The molecule has 0 N–H and O–H groups in total. The minimum Gasteiger partial charge on any atom is -0.497 e. The van der Waals surface area contributed by atoms with Gasteiger partial charge < -0.3 is 14.5 Å². The van der Waals surface area contributed by atoms with Crippen molar-refractivity contribution in [2.75, 3.05) is 25.6 Å². The van der Waals surface area contributed by atoms with Crippen LogP contribution in [0.25, 0.3) is 0 Å². The van der Waals surface area contributed by atoms with Crippen molar-refractivity contribution in [2.45, 2.75) is 13.0 Å². The Morgan fingerprint density at radius 1 is 1.42 bits per heavy atom. The maximum Gasteiger partial charge on any atom is 0.228 e. The number of methoxy groups -OCH3 is 1. The average Bonchev–Trinajstić information content (AvgIpc) is 3.23. The van der Waals surface area contributed by atoms with Crippen molar-refractivity contribution < 1.29 is 14.3 Å². The predicted octanol–water partition coefficient (Wildman–Crippen LogP) is 2.77. The molecule has 0 spiro atoms. The number of benzene rings is 1. The maximum atomic E-state index is 12.6. The van der Waals surface area contributed by atoms with E-state index in [0.29, 0.717) is 18.8 Å². The standard InChI is InChI=1S/C18H20N2O3S/c1-19(10-13-6-7-24-12-13)18(22)14-8-17(21)20(11-14)15-4-3-5-16(9-15)23-2/h3-7,9,12,14H,8,10-11H2,1-2H3/t14-/m0/s1. The Kier molecular flexibility index (Phi) is 4.85. The van der Waals surface area contributed by atoms with E-state index in [9.17, 15) is 9.59 Å². The van der Waals surface area contributed by atoms with Gasteiger partial charge in [0.15, 0.2) is 0 Å². The highest BCUT2D eigenvalue weighted by Gasteiger charge is 2.36. The van der Waals surface area contributed by atoms with Gasteiger partial charge >= 0.3 is 0 Å². The largest absolute Gasteiger partial charge is 0.497 e. The van der Waals surface area contributed by atoms with Crippen LogP contribution in [0.2, 0.25) is 0 Å². The molecule has 1 saturated heterocycles. The first-order valence-electron chi connectivity index (χ1n) is 7.79. The molecule has 2 aromatic rings. The van der Waals surface area contributed by atoms with Crippen LogP contribution in [0.4, 0.5) is 5.69 Å². The Labute approximate surface area is 145 Å². The maximum absolute atomic E-state index is 12.6. The molecule has 1 aliphatic heterocycles. The summed E-state index contributed by atoms with van der Waals surface area (Å²) in [5, 5.41) is 4.03. The van der Waals surface area contributed by atoms with Gasteiger partial charge in [-0.3, -0.25) is 9.59 Å². The molecular weight excluding hydrogens is 324 g/mol. The van der Waals surface area contributed by atoms with Gasteiger partial charge in [-0.1, -0.05) is 6.07 Å². The number of nitrogens with zero attached hydrogens (tertiary/aromatic N) is 2. The molecular formula is C18H20N2O3S. The van der Waals surface area contributed by atoms with Gasteiger partial charge in [0.1, 0.15) is 5.75 Å². The summed E-state index contributed by atoms with van der Waals surface area (Å²) in [6.07, 6.45) is 0.254. The number of hydrogen-bond donors (Lipinski definition) is 0. The molecule has 1 aliphatic rings. The van der Waals surface area contributed by atoms with E-state index < -0.39 is 0 Å². The summed E-state index contributed by atoms with van der Waals surface area (Å²) >= 11 is 1.61. The molecule has 5 nitrogen and oxygen atoms in total. The zero-order chi connectivity index (χ0) is 17.1. The van der Waals surface area contributed by atoms with E-state index in [1.807, 2.05) is 41.1 Å². The molecule has 6 heteroatoms. The Balaban J connectivity index is 1.68. The van der Waals surface area contributed by atoms with E-state index in [4.69, 9.17) is 4.74 Å². The third kappa shape index (κ3) is 3.43. The first-order chi connectivity index (χ1) is 11.6. The first-order valence-corrected chi connectivity index (χ1v) is 8.73. The second kappa shape index (κ2) is 7.05. The summed E-state index contributed by atoms with van der Waals surface area (Å²) in [7, 11) is 3.38. The lowest BCUT2D eigenvalue weighted by Gasteiger charge is -2.21. The molecule has 2 amide bonds. The van der Waals surface area contributed by atoms with E-state index in [2.05, 4.69) is 0 Å². The normalized spacial score (nSPS) is 17.2. The molecule has 1 aromatic heterocycles. The molecule has 1 fully saturated rings. The molecule has 0 bridgehead atoms. The lowest BCUT2D eigenvalue weighted by atomic mass is 10.1. The number of anilines is 1.